The summed E-state index contributed by atoms with van der Waals surface area (Å²) in [6, 6.07) is 8.68. The molecule has 3 rings (SSSR count). The van der Waals surface area contributed by atoms with Crippen LogP contribution in [0.25, 0.3) is 10.8 Å². The summed E-state index contributed by atoms with van der Waals surface area (Å²) in [4.78, 5) is 8.00. The van der Waals surface area contributed by atoms with Crippen molar-refractivity contribution >= 4 is 22.1 Å². The van der Waals surface area contributed by atoms with Gasteiger partial charge >= 0.3 is 0 Å². The van der Waals surface area contributed by atoms with Gasteiger partial charge in [-0.1, -0.05) is 12.1 Å². The Morgan fingerprint density at radius 1 is 0.889 bits per heavy atom. The van der Waals surface area contributed by atoms with Crippen molar-refractivity contribution in [2.45, 2.75) is 0 Å². The van der Waals surface area contributed by atoms with Crippen LogP contribution in [0.1, 0.15) is 0 Å². The molecule has 0 saturated carbocycles. The number of halogens is 1. The monoisotopic (exact) mass is 239 g/mol. The molecular weight excluding hydrogens is 229 g/mol. The highest BCUT2D eigenvalue weighted by molar-refractivity contribution is 5.94. The van der Waals surface area contributed by atoms with Crippen molar-refractivity contribution in [3.63, 3.8) is 0 Å². The molecule has 18 heavy (non-hydrogen) atoms. The van der Waals surface area contributed by atoms with Crippen LogP contribution in [0.3, 0.4) is 0 Å². The maximum absolute atomic E-state index is 13.6. The van der Waals surface area contributed by atoms with Gasteiger partial charge in [-0.25, -0.2) is 4.39 Å². The van der Waals surface area contributed by atoms with E-state index < -0.39 is 0 Å². The Kier molecular flexibility index (Phi) is 2.61. The molecule has 0 bridgehead atoms. The van der Waals surface area contributed by atoms with Crippen molar-refractivity contribution in [2.24, 2.45) is 0 Å². The van der Waals surface area contributed by atoms with Gasteiger partial charge in [-0.3, -0.25) is 9.97 Å². The molecule has 88 valence electrons. The third-order valence-electron chi connectivity index (χ3n) is 2.71. The third-order valence-corrected chi connectivity index (χ3v) is 2.71. The Labute approximate surface area is 103 Å². The van der Waals surface area contributed by atoms with Crippen molar-refractivity contribution in [1.82, 2.24) is 9.97 Å². The second-order valence-electron chi connectivity index (χ2n) is 3.88. The maximum Gasteiger partial charge on any atom is 0.132 e. The zero-order valence-corrected chi connectivity index (χ0v) is 9.47. The molecule has 0 aliphatic rings. The van der Waals surface area contributed by atoms with Crippen LogP contribution in [0.4, 0.5) is 15.8 Å². The summed E-state index contributed by atoms with van der Waals surface area (Å²) >= 11 is 0. The smallest absolute Gasteiger partial charge is 0.132 e. The number of hydrogen-bond donors (Lipinski definition) is 1. The van der Waals surface area contributed by atoms with Gasteiger partial charge in [-0.15, -0.1) is 0 Å². The third kappa shape index (κ3) is 1.88. The molecule has 0 unspecified atom stereocenters. The van der Waals surface area contributed by atoms with Crippen molar-refractivity contribution < 1.29 is 4.39 Å². The van der Waals surface area contributed by atoms with E-state index in [4.69, 9.17) is 0 Å². The Morgan fingerprint density at radius 3 is 2.56 bits per heavy atom. The second kappa shape index (κ2) is 4.41. The summed E-state index contributed by atoms with van der Waals surface area (Å²) < 4.78 is 13.6. The molecule has 0 aliphatic heterocycles. The van der Waals surface area contributed by atoms with Crippen molar-refractivity contribution in [2.75, 3.05) is 5.32 Å². The van der Waals surface area contributed by atoms with Gasteiger partial charge in [0.15, 0.2) is 0 Å². The lowest BCUT2D eigenvalue weighted by atomic mass is 10.1. The van der Waals surface area contributed by atoms with Gasteiger partial charge in [-0.05, 0) is 18.2 Å². The summed E-state index contributed by atoms with van der Waals surface area (Å²) in [5, 5.41) is 4.52. The minimum Gasteiger partial charge on any atom is -0.354 e. The second-order valence-corrected chi connectivity index (χ2v) is 3.88. The minimum absolute atomic E-state index is 0.265. The van der Waals surface area contributed by atoms with Crippen LogP contribution >= 0.6 is 0 Å². The molecular formula is C14H10FN3. The quantitative estimate of drug-likeness (QED) is 0.743. The molecule has 2 aromatic heterocycles. The van der Waals surface area contributed by atoms with Crippen LogP contribution in [-0.2, 0) is 0 Å². The maximum atomic E-state index is 13.6. The number of pyridine rings is 2. The molecule has 0 fully saturated rings. The average molecular weight is 239 g/mol. The van der Waals surface area contributed by atoms with E-state index in [0.29, 0.717) is 5.39 Å². The fourth-order valence-corrected chi connectivity index (χ4v) is 1.85. The van der Waals surface area contributed by atoms with Gasteiger partial charge in [0.2, 0.25) is 0 Å². The first-order valence-electron chi connectivity index (χ1n) is 5.54. The van der Waals surface area contributed by atoms with Crippen molar-refractivity contribution in [3.05, 3.63) is 60.9 Å². The van der Waals surface area contributed by atoms with Crippen LogP contribution in [0.5, 0.6) is 0 Å². The predicted molar refractivity (Wildman–Crippen MR) is 69.2 cm³/mol. The minimum atomic E-state index is -0.265. The van der Waals surface area contributed by atoms with Gasteiger partial charge in [0.25, 0.3) is 0 Å². The molecule has 1 aromatic carbocycles. The van der Waals surface area contributed by atoms with E-state index in [1.54, 1.807) is 24.7 Å². The number of anilines is 2. The predicted octanol–water partition coefficient (Wildman–Crippen LogP) is 3.51. The molecule has 3 nitrogen and oxygen atoms in total. The molecule has 0 spiro atoms. The number of aromatic nitrogens is 2. The molecule has 4 heteroatoms. The Hall–Kier alpha value is -2.49. The standard InChI is InChI=1S/C14H10FN3/c15-13-3-1-2-11-12(13)8-17-9-14(11)18-10-4-6-16-7-5-10/h1-9H,(H,16,18). The fourth-order valence-electron chi connectivity index (χ4n) is 1.85. The average Bonchev–Trinajstić information content (AvgIpc) is 2.41. The van der Waals surface area contributed by atoms with Gasteiger partial charge in [0, 0.05) is 35.1 Å². The molecule has 0 saturated heterocycles. The number of hydrogen-bond acceptors (Lipinski definition) is 3. The van der Waals surface area contributed by atoms with Crippen LogP contribution in [0.2, 0.25) is 0 Å². The first-order chi connectivity index (χ1) is 8.84. The van der Waals surface area contributed by atoms with Gasteiger partial charge < -0.3 is 5.32 Å². The van der Waals surface area contributed by atoms with Crippen LogP contribution in [0.15, 0.2) is 55.1 Å². The van der Waals surface area contributed by atoms with Crippen LogP contribution < -0.4 is 5.32 Å². The molecule has 1 N–H and O–H groups in total. The summed E-state index contributed by atoms with van der Waals surface area (Å²) in [7, 11) is 0. The summed E-state index contributed by atoms with van der Waals surface area (Å²) in [5.74, 6) is -0.265. The molecule has 0 atom stereocenters. The molecule has 2 heterocycles. The number of fused-ring (bicyclic) bond motifs is 1. The van der Waals surface area contributed by atoms with Crippen molar-refractivity contribution in [1.29, 1.82) is 0 Å². The van der Waals surface area contributed by atoms with E-state index in [0.717, 1.165) is 16.8 Å². The lowest BCUT2D eigenvalue weighted by molar-refractivity contribution is 0.639. The highest BCUT2D eigenvalue weighted by Crippen LogP contribution is 2.26. The molecule has 0 aliphatic carbocycles. The van der Waals surface area contributed by atoms with E-state index in [1.165, 1.54) is 12.3 Å². The SMILES string of the molecule is Fc1cccc2c(Nc3ccncc3)cncc12. The largest absolute Gasteiger partial charge is 0.354 e. The fraction of sp³-hybridized carbons (Fsp3) is 0. The number of rotatable bonds is 2. The van der Waals surface area contributed by atoms with Crippen LogP contribution in [0, 0.1) is 5.82 Å². The number of benzene rings is 1. The molecule has 0 radical (unpaired) electrons. The Balaban J connectivity index is 2.10. The highest BCUT2D eigenvalue weighted by atomic mass is 19.1. The van der Waals surface area contributed by atoms with E-state index in [9.17, 15) is 4.39 Å². The summed E-state index contributed by atoms with van der Waals surface area (Å²) in [5.41, 5.74) is 1.67. The first-order valence-corrected chi connectivity index (χ1v) is 5.54. The number of nitrogens with one attached hydrogen (secondary N) is 1. The topological polar surface area (TPSA) is 37.8 Å². The van der Waals surface area contributed by atoms with Gasteiger partial charge in [0.05, 0.1) is 11.9 Å². The van der Waals surface area contributed by atoms with E-state index >= 15 is 0 Å². The van der Waals surface area contributed by atoms with Crippen molar-refractivity contribution in [3.8, 4) is 0 Å². The van der Waals surface area contributed by atoms with Gasteiger partial charge in [0.1, 0.15) is 5.82 Å². The van der Waals surface area contributed by atoms with E-state index in [-0.39, 0.29) is 5.82 Å². The summed E-state index contributed by atoms with van der Waals surface area (Å²) in [6.07, 6.45) is 6.60. The Bertz CT molecular complexity index is 683. The van der Waals surface area contributed by atoms with E-state index in [1.807, 2.05) is 18.2 Å². The first kappa shape index (κ1) is 10.7. The van der Waals surface area contributed by atoms with Crippen LogP contribution in [-0.4, -0.2) is 9.97 Å². The van der Waals surface area contributed by atoms with Gasteiger partial charge in [-0.2, -0.15) is 0 Å². The highest BCUT2D eigenvalue weighted by Gasteiger charge is 2.05. The molecule has 0 amide bonds. The zero-order valence-electron chi connectivity index (χ0n) is 9.47. The zero-order chi connectivity index (χ0) is 12.4. The summed E-state index contributed by atoms with van der Waals surface area (Å²) in [6.45, 7) is 0. The lowest BCUT2D eigenvalue weighted by Gasteiger charge is -2.09. The lowest BCUT2D eigenvalue weighted by Crippen LogP contribution is -1.93. The van der Waals surface area contributed by atoms with E-state index in [2.05, 4.69) is 15.3 Å². The Morgan fingerprint density at radius 2 is 1.72 bits per heavy atom. The number of nitrogens with zero attached hydrogens (tertiary/aromatic N) is 2. The normalized spacial score (nSPS) is 10.5. The molecule has 3 aromatic rings.